The topological polar surface area (TPSA) is 0 Å². The van der Waals surface area contributed by atoms with E-state index in [4.69, 9.17) is 0 Å². The van der Waals surface area contributed by atoms with Gasteiger partial charge < -0.3 is 0 Å². The summed E-state index contributed by atoms with van der Waals surface area (Å²) >= 11 is 3.06. The minimum atomic E-state index is 1.70. The molecular weight excluding hydrogens is 128 g/mol. The molecule has 0 fully saturated rings. The Hall–Kier alpha value is -0.0400. The first-order valence-corrected chi connectivity index (χ1v) is 2.21. The lowest BCUT2D eigenvalue weighted by molar-refractivity contribution is 2.13. The Morgan fingerprint density at radius 3 is 2.20 bits per heavy atom. The predicted octanol–water partition coefficient (Wildman–Crippen LogP) is 2.08. The molecule has 0 atom stereocenters. The van der Waals surface area contributed by atoms with E-state index in [1.165, 1.54) is 0 Å². The molecule has 0 unspecified atom stereocenters. The highest BCUT2D eigenvalue weighted by Crippen LogP contribution is 1.79. The van der Waals surface area contributed by atoms with E-state index in [0.29, 0.717) is 0 Å². The molecule has 0 spiro atoms. The fourth-order valence-corrected chi connectivity index (χ4v) is 0.267. The lowest BCUT2D eigenvalue weighted by atomic mass is 10.6. The lowest BCUT2D eigenvalue weighted by Crippen LogP contribution is -1.28. The summed E-state index contributed by atoms with van der Waals surface area (Å²) in [6, 6.07) is 0. The number of hydrogen-bond donors (Lipinski definition) is 0. The molecule has 0 heterocycles. The zero-order chi connectivity index (χ0) is 4.12. The molecule has 5 heavy (non-hydrogen) atoms. The van der Waals surface area contributed by atoms with Crippen LogP contribution in [0, 0.1) is 0 Å². The van der Waals surface area contributed by atoms with Gasteiger partial charge in [-0.15, -0.1) is 0 Å². The minimum absolute atomic E-state index is 1.70. The average Bonchev–Trinajstić information content (AvgIpc) is 1.41. The van der Waals surface area contributed by atoms with Crippen LogP contribution in [0.25, 0.3) is 0 Å². The smallest absolute Gasteiger partial charge is 0.0189 e. The molecular formula is C4H5Br. The molecule has 0 aromatic rings. The number of hydrogen-bond acceptors (Lipinski definition) is 0. The Kier molecular flexibility index (Phi) is 3.93. The molecule has 0 nitrogen and oxygen atoms in total. The monoisotopic (exact) mass is 132 g/mol. The van der Waals surface area contributed by atoms with Crippen molar-refractivity contribution in [2.45, 2.75) is 0 Å². The van der Waals surface area contributed by atoms with E-state index in [9.17, 15) is 0 Å². The van der Waals surface area contributed by atoms with Crippen molar-refractivity contribution in [2.24, 2.45) is 0 Å². The summed E-state index contributed by atoms with van der Waals surface area (Å²) in [5.41, 5.74) is 0. The SMILES string of the molecule is C=C/C=C\Br. The highest BCUT2D eigenvalue weighted by Gasteiger charge is 1.44. The molecule has 0 saturated carbocycles. The molecule has 28 valence electrons. The second-order valence-electron chi connectivity index (χ2n) is 0.554. The first kappa shape index (κ1) is 4.96. The van der Waals surface area contributed by atoms with Crippen LogP contribution in [-0.4, -0.2) is 0 Å². The van der Waals surface area contributed by atoms with Crippen molar-refractivity contribution in [1.82, 2.24) is 0 Å². The molecule has 0 rings (SSSR count). The molecule has 0 aliphatic rings. The first-order chi connectivity index (χ1) is 2.41. The van der Waals surface area contributed by atoms with E-state index in [1.54, 1.807) is 17.1 Å². The van der Waals surface area contributed by atoms with Crippen molar-refractivity contribution >= 4 is 15.9 Å². The second-order valence-corrected chi connectivity index (χ2v) is 1.08. The van der Waals surface area contributed by atoms with Crippen molar-refractivity contribution in [3.63, 3.8) is 0 Å². The Morgan fingerprint density at radius 2 is 2.20 bits per heavy atom. The molecule has 0 radical (unpaired) electrons. The van der Waals surface area contributed by atoms with Crippen LogP contribution in [0.4, 0.5) is 0 Å². The predicted molar refractivity (Wildman–Crippen MR) is 28.3 cm³/mol. The van der Waals surface area contributed by atoms with E-state index in [-0.39, 0.29) is 0 Å². The molecule has 0 bridgehead atoms. The van der Waals surface area contributed by atoms with E-state index in [1.807, 2.05) is 0 Å². The standard InChI is InChI=1S/C4H5Br/c1-2-3-4-5/h2-4H,1H2/b4-3-. The third-order valence-corrected chi connectivity index (χ3v) is 0.514. The van der Waals surface area contributed by atoms with Crippen molar-refractivity contribution in [2.75, 3.05) is 0 Å². The summed E-state index contributed by atoms with van der Waals surface area (Å²) in [7, 11) is 0. The van der Waals surface area contributed by atoms with Crippen LogP contribution < -0.4 is 0 Å². The van der Waals surface area contributed by atoms with Crippen molar-refractivity contribution in [3.8, 4) is 0 Å². The maximum atomic E-state index is 3.43. The maximum absolute atomic E-state index is 3.43. The zero-order valence-electron chi connectivity index (χ0n) is 2.82. The van der Waals surface area contributed by atoms with Gasteiger partial charge >= 0.3 is 0 Å². The quantitative estimate of drug-likeness (QED) is 0.480. The molecule has 1 heteroatoms. The molecule has 0 aliphatic heterocycles. The van der Waals surface area contributed by atoms with Gasteiger partial charge in [0.15, 0.2) is 0 Å². The van der Waals surface area contributed by atoms with E-state index >= 15 is 0 Å². The zero-order valence-corrected chi connectivity index (χ0v) is 4.40. The molecule has 0 aliphatic carbocycles. The average molecular weight is 133 g/mol. The van der Waals surface area contributed by atoms with Crippen LogP contribution in [-0.2, 0) is 0 Å². The van der Waals surface area contributed by atoms with Gasteiger partial charge in [-0.05, 0) is 4.99 Å². The minimum Gasteiger partial charge on any atom is -0.0990 e. The number of halogens is 1. The Balaban J connectivity index is 2.92. The van der Waals surface area contributed by atoms with Crippen LogP contribution in [0.3, 0.4) is 0 Å². The summed E-state index contributed by atoms with van der Waals surface area (Å²) in [5.74, 6) is 0. The maximum Gasteiger partial charge on any atom is -0.0189 e. The first-order valence-electron chi connectivity index (χ1n) is 1.29. The van der Waals surface area contributed by atoms with Gasteiger partial charge in [-0.3, -0.25) is 0 Å². The summed E-state index contributed by atoms with van der Waals surface area (Å²) < 4.78 is 0. The summed E-state index contributed by atoms with van der Waals surface area (Å²) in [4.78, 5) is 1.75. The van der Waals surface area contributed by atoms with Crippen LogP contribution in [0.2, 0.25) is 0 Å². The third kappa shape index (κ3) is 3.96. The molecule has 0 aromatic heterocycles. The highest BCUT2D eigenvalue weighted by atomic mass is 79.9. The van der Waals surface area contributed by atoms with E-state index < -0.39 is 0 Å². The van der Waals surface area contributed by atoms with Crippen molar-refractivity contribution in [1.29, 1.82) is 0 Å². The van der Waals surface area contributed by atoms with Crippen LogP contribution in [0.5, 0.6) is 0 Å². The largest absolute Gasteiger partial charge is 0.0990 e. The van der Waals surface area contributed by atoms with Gasteiger partial charge in [-0.2, -0.15) is 0 Å². The van der Waals surface area contributed by atoms with Crippen LogP contribution in [0.1, 0.15) is 0 Å². The summed E-state index contributed by atoms with van der Waals surface area (Å²) in [5, 5.41) is 0. The third-order valence-electron chi connectivity index (χ3n) is 0.209. The molecule has 0 N–H and O–H groups in total. The van der Waals surface area contributed by atoms with E-state index in [0.717, 1.165) is 0 Å². The molecule has 0 aromatic carbocycles. The summed E-state index contributed by atoms with van der Waals surface area (Å²) in [6.45, 7) is 3.43. The second kappa shape index (κ2) is 3.96. The van der Waals surface area contributed by atoms with Crippen LogP contribution >= 0.6 is 15.9 Å². The molecule has 0 amide bonds. The van der Waals surface area contributed by atoms with Gasteiger partial charge in [-0.25, -0.2) is 0 Å². The van der Waals surface area contributed by atoms with Gasteiger partial charge in [-0.1, -0.05) is 34.7 Å². The van der Waals surface area contributed by atoms with Crippen LogP contribution in [0.15, 0.2) is 23.7 Å². The Labute approximate surface area is 40.3 Å². The Bertz CT molecular complexity index is 45.6. The number of allylic oxidation sites excluding steroid dienone is 2. The van der Waals surface area contributed by atoms with Crippen molar-refractivity contribution in [3.05, 3.63) is 23.7 Å². The van der Waals surface area contributed by atoms with Crippen molar-refractivity contribution < 1.29 is 0 Å². The molecule has 0 saturated heterocycles. The van der Waals surface area contributed by atoms with E-state index in [2.05, 4.69) is 22.5 Å². The number of rotatable bonds is 1. The van der Waals surface area contributed by atoms with Gasteiger partial charge in [0.05, 0.1) is 0 Å². The van der Waals surface area contributed by atoms with Gasteiger partial charge in [0.1, 0.15) is 0 Å². The van der Waals surface area contributed by atoms with Gasteiger partial charge in [0.25, 0.3) is 0 Å². The normalized spacial score (nSPS) is 9.00. The van der Waals surface area contributed by atoms with Gasteiger partial charge in [0, 0.05) is 0 Å². The summed E-state index contributed by atoms with van der Waals surface area (Å²) in [6.07, 6.45) is 3.51. The lowest BCUT2D eigenvalue weighted by Gasteiger charge is -1.54. The fourth-order valence-electron chi connectivity index (χ4n) is 0.0514. The van der Waals surface area contributed by atoms with Gasteiger partial charge in [0.2, 0.25) is 0 Å². The fraction of sp³-hybridized carbons (Fsp3) is 0. The Morgan fingerprint density at radius 1 is 1.60 bits per heavy atom. The highest BCUT2D eigenvalue weighted by molar-refractivity contribution is 9.11.